The Labute approximate surface area is 216 Å². The zero-order chi connectivity index (χ0) is 26.9. The molecular formula is C29H30N4O4. The monoisotopic (exact) mass is 498 g/mol. The molecule has 0 heterocycles. The number of ether oxygens (including phenoxy) is 2. The number of rotatable bonds is 5. The molecule has 8 nitrogen and oxygen atoms in total. The largest absolute Gasteiger partial charge is 0.456 e. The Hall–Kier alpha value is -4.29. The van der Waals surface area contributed by atoms with Gasteiger partial charge in [-0.15, -0.1) is 0 Å². The molecule has 3 aromatic rings. The van der Waals surface area contributed by atoms with Crippen molar-refractivity contribution in [3.63, 3.8) is 0 Å². The van der Waals surface area contributed by atoms with E-state index in [1.54, 1.807) is 41.5 Å². The fourth-order valence-corrected chi connectivity index (χ4v) is 4.96. The number of nitrogens with zero attached hydrogens (tertiary/aromatic N) is 3. The quantitative estimate of drug-likeness (QED) is 0.167. The molecule has 3 aromatic carbocycles. The van der Waals surface area contributed by atoms with Crippen LogP contribution in [0.15, 0.2) is 53.6 Å². The summed E-state index contributed by atoms with van der Waals surface area (Å²) < 4.78 is 11.3. The van der Waals surface area contributed by atoms with Crippen LogP contribution in [-0.2, 0) is 9.47 Å². The molecule has 0 bridgehead atoms. The summed E-state index contributed by atoms with van der Waals surface area (Å²) in [5.74, 6) is -0.651. The summed E-state index contributed by atoms with van der Waals surface area (Å²) in [6.45, 7) is 10.6. The van der Waals surface area contributed by atoms with E-state index in [0.29, 0.717) is 22.4 Å². The lowest BCUT2D eigenvalue weighted by atomic mass is 9.94. The summed E-state index contributed by atoms with van der Waals surface area (Å²) in [5.41, 5.74) is 15.3. The van der Waals surface area contributed by atoms with Crippen molar-refractivity contribution >= 4 is 23.4 Å². The lowest BCUT2D eigenvalue weighted by Crippen LogP contribution is -2.26. The van der Waals surface area contributed by atoms with Crippen molar-refractivity contribution in [2.24, 2.45) is 5.11 Å². The molecule has 4 rings (SSSR count). The molecule has 1 N–H and O–H groups in total. The molecule has 0 saturated carbocycles. The van der Waals surface area contributed by atoms with Gasteiger partial charge in [0.1, 0.15) is 12.2 Å². The third-order valence-corrected chi connectivity index (χ3v) is 6.53. The van der Waals surface area contributed by atoms with Gasteiger partial charge in [0.2, 0.25) is 0 Å². The molecule has 0 radical (unpaired) electrons. The van der Waals surface area contributed by atoms with Gasteiger partial charge in [0.25, 0.3) is 0 Å². The summed E-state index contributed by atoms with van der Waals surface area (Å²) in [6, 6.07) is 16.2. The van der Waals surface area contributed by atoms with E-state index in [1.165, 1.54) is 0 Å². The van der Waals surface area contributed by atoms with Crippen LogP contribution in [0.3, 0.4) is 0 Å². The molecule has 190 valence electrons. The van der Waals surface area contributed by atoms with Crippen molar-refractivity contribution in [1.82, 2.24) is 0 Å². The highest BCUT2D eigenvalue weighted by atomic mass is 16.6. The van der Waals surface area contributed by atoms with Gasteiger partial charge in [-0.25, -0.2) is 9.59 Å². The van der Waals surface area contributed by atoms with E-state index in [1.807, 2.05) is 24.3 Å². The molecule has 1 amide bonds. The Bertz CT molecular complexity index is 1400. The number of anilines is 1. The van der Waals surface area contributed by atoms with Crippen LogP contribution in [0, 0.1) is 20.8 Å². The molecule has 0 saturated heterocycles. The van der Waals surface area contributed by atoms with Gasteiger partial charge in [0.05, 0.1) is 11.3 Å². The standard InChI is InChI=1S/C29H30N4O4/c1-16-24(27(34)37-29(4,5)6)17(2)26(32-33-30)18(3)25(16)31-28(35)36-15-23-21-13-9-7-11-19(21)20-12-8-10-14-22(20)23/h7-14,23H,15H2,1-6H3,(H,31,35). The third-order valence-electron chi connectivity index (χ3n) is 6.53. The molecule has 0 atom stereocenters. The Kier molecular flexibility index (Phi) is 6.96. The van der Waals surface area contributed by atoms with Gasteiger partial charge in [0.15, 0.2) is 0 Å². The first-order valence-electron chi connectivity index (χ1n) is 12.1. The number of hydrogen-bond donors (Lipinski definition) is 1. The predicted octanol–water partition coefficient (Wildman–Crippen LogP) is 7.87. The topological polar surface area (TPSA) is 113 Å². The second kappa shape index (κ2) is 9.99. The van der Waals surface area contributed by atoms with E-state index >= 15 is 0 Å². The second-order valence-corrected chi connectivity index (χ2v) is 10.1. The first-order chi connectivity index (χ1) is 17.5. The van der Waals surface area contributed by atoms with Crippen LogP contribution in [0.4, 0.5) is 16.2 Å². The van der Waals surface area contributed by atoms with Crippen LogP contribution in [0.5, 0.6) is 0 Å². The zero-order valence-electron chi connectivity index (χ0n) is 21.9. The number of hydrogen-bond acceptors (Lipinski definition) is 5. The lowest BCUT2D eigenvalue weighted by molar-refractivity contribution is 0.00679. The molecule has 37 heavy (non-hydrogen) atoms. The van der Waals surface area contributed by atoms with Crippen LogP contribution in [-0.4, -0.2) is 24.3 Å². The predicted molar refractivity (Wildman–Crippen MR) is 143 cm³/mol. The number of esters is 1. The molecule has 8 heteroatoms. The van der Waals surface area contributed by atoms with E-state index in [0.717, 1.165) is 22.3 Å². The van der Waals surface area contributed by atoms with E-state index in [9.17, 15) is 9.59 Å². The zero-order valence-corrected chi connectivity index (χ0v) is 21.9. The number of fused-ring (bicyclic) bond motifs is 3. The van der Waals surface area contributed by atoms with Gasteiger partial charge in [-0.2, -0.15) is 0 Å². The van der Waals surface area contributed by atoms with Crippen molar-refractivity contribution in [2.75, 3.05) is 11.9 Å². The summed E-state index contributed by atoms with van der Waals surface area (Å²) >= 11 is 0. The van der Waals surface area contributed by atoms with Crippen molar-refractivity contribution in [3.8, 4) is 11.1 Å². The molecule has 0 aliphatic heterocycles. The van der Waals surface area contributed by atoms with E-state index in [-0.39, 0.29) is 23.8 Å². The first-order valence-corrected chi connectivity index (χ1v) is 12.1. The number of amides is 1. The van der Waals surface area contributed by atoms with Gasteiger partial charge >= 0.3 is 12.1 Å². The third kappa shape index (κ3) is 5.01. The van der Waals surface area contributed by atoms with E-state index in [4.69, 9.17) is 15.0 Å². The average Bonchev–Trinajstić information content (AvgIpc) is 3.16. The molecule has 0 spiro atoms. The molecule has 1 aliphatic carbocycles. The van der Waals surface area contributed by atoms with E-state index in [2.05, 4.69) is 39.6 Å². The number of carbonyl (C=O) groups is 2. The van der Waals surface area contributed by atoms with Crippen LogP contribution in [0.25, 0.3) is 21.6 Å². The maximum atomic E-state index is 13.0. The summed E-state index contributed by atoms with van der Waals surface area (Å²) in [4.78, 5) is 29.0. The van der Waals surface area contributed by atoms with Crippen LogP contribution in [0.1, 0.15) is 64.9 Å². The highest BCUT2D eigenvalue weighted by Crippen LogP contribution is 2.44. The first kappa shape index (κ1) is 25.8. The van der Waals surface area contributed by atoms with E-state index < -0.39 is 17.7 Å². The Morgan fingerprint density at radius 3 is 2.05 bits per heavy atom. The van der Waals surface area contributed by atoms with Crippen molar-refractivity contribution < 1.29 is 19.1 Å². The second-order valence-electron chi connectivity index (χ2n) is 10.1. The van der Waals surface area contributed by atoms with Crippen molar-refractivity contribution in [3.05, 3.63) is 92.4 Å². The Balaban J connectivity index is 1.62. The molecule has 0 aromatic heterocycles. The number of benzene rings is 3. The van der Waals surface area contributed by atoms with Crippen molar-refractivity contribution in [1.29, 1.82) is 0 Å². The van der Waals surface area contributed by atoms with Crippen LogP contribution in [0.2, 0.25) is 0 Å². The van der Waals surface area contributed by atoms with Gasteiger partial charge < -0.3 is 9.47 Å². The number of carbonyl (C=O) groups excluding carboxylic acids is 2. The minimum atomic E-state index is -0.722. The molecule has 0 unspecified atom stereocenters. The maximum absolute atomic E-state index is 13.0. The van der Waals surface area contributed by atoms with Gasteiger partial charge in [-0.05, 0) is 86.0 Å². The average molecular weight is 499 g/mol. The molecule has 1 aliphatic rings. The molecule has 0 fully saturated rings. The van der Waals surface area contributed by atoms with Crippen LogP contribution < -0.4 is 5.32 Å². The SMILES string of the molecule is Cc1c(N=[N+]=[N-])c(C)c(C(=O)OC(C)(C)C)c(C)c1NC(=O)OCC1c2ccccc2-c2ccccc21. The van der Waals surface area contributed by atoms with Crippen LogP contribution >= 0.6 is 0 Å². The van der Waals surface area contributed by atoms with Gasteiger partial charge in [0, 0.05) is 16.5 Å². The minimum absolute atomic E-state index is 0.0885. The van der Waals surface area contributed by atoms with Crippen molar-refractivity contribution in [2.45, 2.75) is 53.1 Å². The Morgan fingerprint density at radius 1 is 0.946 bits per heavy atom. The summed E-state index contributed by atoms with van der Waals surface area (Å²) in [7, 11) is 0. The summed E-state index contributed by atoms with van der Waals surface area (Å²) in [5, 5.41) is 6.58. The normalized spacial score (nSPS) is 12.3. The fraction of sp³-hybridized carbons (Fsp3) is 0.310. The Morgan fingerprint density at radius 2 is 1.51 bits per heavy atom. The van der Waals surface area contributed by atoms with Gasteiger partial charge in [-0.3, -0.25) is 5.32 Å². The smallest absolute Gasteiger partial charge is 0.411 e. The maximum Gasteiger partial charge on any atom is 0.411 e. The highest BCUT2D eigenvalue weighted by Gasteiger charge is 2.30. The summed E-state index contributed by atoms with van der Waals surface area (Å²) in [6.07, 6.45) is -0.668. The fourth-order valence-electron chi connectivity index (χ4n) is 4.96. The van der Waals surface area contributed by atoms with Gasteiger partial charge in [-0.1, -0.05) is 53.6 Å². The number of azide groups is 1. The lowest BCUT2D eigenvalue weighted by Gasteiger charge is -2.24. The molecular weight excluding hydrogens is 468 g/mol. The minimum Gasteiger partial charge on any atom is -0.456 e. The number of nitrogens with one attached hydrogen (secondary N) is 1. The highest BCUT2D eigenvalue weighted by molar-refractivity contribution is 6.00.